The number of aromatic hydroxyl groups is 2. The van der Waals surface area contributed by atoms with Gasteiger partial charge in [-0.05, 0) is 29.8 Å². The Kier molecular flexibility index (Phi) is 5.42. The molecule has 12 heteroatoms. The molecule has 0 aliphatic heterocycles. The number of nitriles is 2. The largest absolute Gasteiger partial charge is 0.508 e. The number of benzene rings is 2. The summed E-state index contributed by atoms with van der Waals surface area (Å²) in [7, 11) is 0. The predicted octanol–water partition coefficient (Wildman–Crippen LogP) is 4.23. The van der Waals surface area contributed by atoms with E-state index in [1.165, 1.54) is 0 Å². The van der Waals surface area contributed by atoms with Crippen molar-refractivity contribution in [2.45, 2.75) is 17.8 Å². The minimum Gasteiger partial charge on any atom is -0.508 e. The van der Waals surface area contributed by atoms with Crippen LogP contribution in [0, 0.1) is 23.0 Å². The van der Waals surface area contributed by atoms with Crippen LogP contribution in [-0.2, 0) is 5.41 Å². The number of ether oxygens (including phenoxy) is 2. The van der Waals surface area contributed by atoms with E-state index in [2.05, 4.69) is 9.47 Å². The molecule has 0 heterocycles. The minimum atomic E-state index is -6.04. The van der Waals surface area contributed by atoms with E-state index in [1.807, 2.05) is 0 Å². The molecule has 0 aliphatic carbocycles. The van der Waals surface area contributed by atoms with Crippen molar-refractivity contribution in [1.29, 1.82) is 10.5 Å². The summed E-state index contributed by atoms with van der Waals surface area (Å²) < 4.78 is 93.1. The van der Waals surface area contributed by atoms with Crippen molar-refractivity contribution in [2.24, 2.45) is 0 Å². The SMILES string of the molecule is N#COc1c(O)ccc(C(c2ccc(O)cc2)(C(F)(F)F)C(F)(F)F)c1OC#N. The van der Waals surface area contributed by atoms with Crippen LogP contribution >= 0.6 is 0 Å². The molecule has 0 saturated heterocycles. The summed E-state index contributed by atoms with van der Waals surface area (Å²) in [6, 6.07) is 2.69. The molecule has 0 saturated carbocycles. The number of phenolic OH excluding ortho intramolecular Hbond substituents is 2. The second-order valence-corrected chi connectivity index (χ2v) is 5.47. The maximum Gasteiger partial charge on any atom is 0.411 e. The molecule has 0 spiro atoms. The van der Waals surface area contributed by atoms with E-state index in [1.54, 1.807) is 0 Å². The van der Waals surface area contributed by atoms with Crippen LogP contribution in [0.4, 0.5) is 26.3 Å². The Hall–Kier alpha value is -3.80. The van der Waals surface area contributed by atoms with Gasteiger partial charge in [0.2, 0.25) is 11.2 Å². The minimum absolute atomic E-state index is 0.250. The van der Waals surface area contributed by atoms with Gasteiger partial charge in [-0.15, -0.1) is 10.5 Å². The summed E-state index contributed by atoms with van der Waals surface area (Å²) >= 11 is 0. The van der Waals surface area contributed by atoms with Gasteiger partial charge in [-0.3, -0.25) is 0 Å². The van der Waals surface area contributed by atoms with Gasteiger partial charge in [0.05, 0.1) is 0 Å². The Morgan fingerprint density at radius 1 is 0.724 bits per heavy atom. The highest BCUT2D eigenvalue weighted by Gasteiger charge is 2.73. The zero-order chi connectivity index (χ0) is 22.0. The fraction of sp³-hybridized carbons (Fsp3) is 0.176. The standard InChI is InChI=1S/C17H8F6N2O4/c18-16(19,20)15(17(21,22)23,9-1-3-10(26)4-2-9)11-5-6-12(27)14(29-8-25)13(11)28-7-24/h1-6,26-27H. The van der Waals surface area contributed by atoms with Crippen molar-refractivity contribution in [3.8, 4) is 35.5 Å². The van der Waals surface area contributed by atoms with Crippen LogP contribution in [0.25, 0.3) is 0 Å². The fourth-order valence-electron chi connectivity index (χ4n) is 2.80. The van der Waals surface area contributed by atoms with Gasteiger partial charge < -0.3 is 19.7 Å². The number of halogens is 6. The predicted molar refractivity (Wildman–Crippen MR) is 81.6 cm³/mol. The van der Waals surface area contributed by atoms with Crippen LogP contribution in [-0.4, -0.2) is 22.6 Å². The summed E-state index contributed by atoms with van der Waals surface area (Å²) in [5.74, 6) is -4.29. The molecule has 0 atom stereocenters. The Bertz CT molecular complexity index is 974. The monoisotopic (exact) mass is 418 g/mol. The van der Waals surface area contributed by atoms with E-state index in [0.29, 0.717) is 30.3 Å². The molecule has 2 aromatic rings. The first-order valence-electron chi connectivity index (χ1n) is 7.33. The Labute approximate surface area is 158 Å². The smallest absolute Gasteiger partial charge is 0.411 e. The van der Waals surface area contributed by atoms with Crippen molar-refractivity contribution in [3.63, 3.8) is 0 Å². The summed E-state index contributed by atoms with van der Waals surface area (Å²) in [6.07, 6.45) is -10.2. The Morgan fingerprint density at radius 3 is 1.66 bits per heavy atom. The highest BCUT2D eigenvalue weighted by Crippen LogP contribution is 2.60. The summed E-state index contributed by atoms with van der Waals surface area (Å²) in [4.78, 5) is 0. The normalized spacial score (nSPS) is 12.0. The molecule has 0 radical (unpaired) electrons. The summed E-state index contributed by atoms with van der Waals surface area (Å²) in [5, 5.41) is 36.3. The number of rotatable bonds is 4. The molecule has 0 fully saturated rings. The molecule has 152 valence electrons. The molecule has 2 aromatic carbocycles. The first-order valence-corrected chi connectivity index (χ1v) is 7.33. The summed E-state index contributed by atoms with van der Waals surface area (Å²) in [6.45, 7) is 0. The van der Waals surface area contributed by atoms with E-state index in [-0.39, 0.29) is 6.07 Å². The van der Waals surface area contributed by atoms with E-state index in [0.717, 1.165) is 12.5 Å². The van der Waals surface area contributed by atoms with Crippen molar-refractivity contribution in [3.05, 3.63) is 47.5 Å². The van der Waals surface area contributed by atoms with E-state index >= 15 is 0 Å². The second kappa shape index (κ2) is 7.31. The maximum atomic E-state index is 14.1. The molecule has 0 bridgehead atoms. The van der Waals surface area contributed by atoms with Crippen LogP contribution in [0.1, 0.15) is 11.1 Å². The number of phenols is 2. The number of hydrogen-bond acceptors (Lipinski definition) is 6. The molecule has 2 rings (SSSR count). The average Bonchev–Trinajstić information content (AvgIpc) is 2.59. The van der Waals surface area contributed by atoms with Gasteiger partial charge >= 0.3 is 12.4 Å². The quantitative estimate of drug-likeness (QED) is 0.569. The van der Waals surface area contributed by atoms with Crippen LogP contribution in [0.5, 0.6) is 23.0 Å². The molecule has 6 nitrogen and oxygen atoms in total. The molecule has 29 heavy (non-hydrogen) atoms. The highest BCUT2D eigenvalue weighted by molar-refractivity contribution is 5.62. The average molecular weight is 418 g/mol. The van der Waals surface area contributed by atoms with Gasteiger partial charge in [-0.1, -0.05) is 12.1 Å². The van der Waals surface area contributed by atoms with Crippen molar-refractivity contribution < 1.29 is 46.0 Å². The zero-order valence-corrected chi connectivity index (χ0v) is 13.8. The Morgan fingerprint density at radius 2 is 1.21 bits per heavy atom. The zero-order valence-electron chi connectivity index (χ0n) is 13.8. The first kappa shape index (κ1) is 21.5. The molecule has 0 unspecified atom stereocenters. The molecular weight excluding hydrogens is 410 g/mol. The Balaban J connectivity index is 3.09. The fourth-order valence-corrected chi connectivity index (χ4v) is 2.80. The number of nitrogens with zero attached hydrogens (tertiary/aromatic N) is 2. The lowest BCUT2D eigenvalue weighted by Gasteiger charge is -2.38. The first-order chi connectivity index (χ1) is 13.4. The number of hydrogen-bond donors (Lipinski definition) is 2. The molecule has 0 aliphatic rings. The van der Waals surface area contributed by atoms with Crippen LogP contribution in [0.2, 0.25) is 0 Å². The molecular formula is C17H8F6N2O4. The molecule has 2 N–H and O–H groups in total. The van der Waals surface area contributed by atoms with E-state index in [4.69, 9.17) is 10.5 Å². The van der Waals surface area contributed by atoms with Crippen LogP contribution in [0.15, 0.2) is 36.4 Å². The van der Waals surface area contributed by atoms with E-state index in [9.17, 15) is 36.6 Å². The van der Waals surface area contributed by atoms with Gasteiger partial charge in [0.25, 0.3) is 12.5 Å². The van der Waals surface area contributed by atoms with Crippen molar-refractivity contribution in [2.75, 3.05) is 0 Å². The lowest BCUT2D eigenvalue weighted by molar-refractivity contribution is -0.288. The third kappa shape index (κ3) is 3.40. The lowest BCUT2D eigenvalue weighted by atomic mass is 9.72. The number of alkyl halides is 6. The maximum absolute atomic E-state index is 14.1. The van der Waals surface area contributed by atoms with E-state index < -0.39 is 51.9 Å². The highest BCUT2D eigenvalue weighted by atomic mass is 19.4. The summed E-state index contributed by atoms with van der Waals surface area (Å²) in [5.41, 5.74) is -7.79. The van der Waals surface area contributed by atoms with Gasteiger partial charge in [-0.2, -0.15) is 26.3 Å². The third-order valence-corrected chi connectivity index (χ3v) is 3.94. The lowest BCUT2D eigenvalue weighted by Crippen LogP contribution is -2.54. The topological polar surface area (TPSA) is 106 Å². The van der Waals surface area contributed by atoms with Crippen molar-refractivity contribution in [1.82, 2.24) is 0 Å². The third-order valence-electron chi connectivity index (χ3n) is 3.94. The van der Waals surface area contributed by atoms with Crippen LogP contribution in [0.3, 0.4) is 0 Å². The van der Waals surface area contributed by atoms with Gasteiger partial charge in [0, 0.05) is 5.56 Å². The van der Waals surface area contributed by atoms with Gasteiger partial charge in [0.1, 0.15) is 5.75 Å². The molecule has 0 amide bonds. The van der Waals surface area contributed by atoms with Crippen molar-refractivity contribution >= 4 is 0 Å². The second-order valence-electron chi connectivity index (χ2n) is 5.47. The van der Waals surface area contributed by atoms with Crippen LogP contribution < -0.4 is 9.47 Å². The van der Waals surface area contributed by atoms with Gasteiger partial charge in [0.15, 0.2) is 11.5 Å². The van der Waals surface area contributed by atoms with Gasteiger partial charge in [-0.25, -0.2) is 0 Å². The molecule has 0 aromatic heterocycles.